The third kappa shape index (κ3) is 5.08. The van der Waals surface area contributed by atoms with Crippen LogP contribution in [0.3, 0.4) is 0 Å². The maximum atomic E-state index is 13.7. The van der Waals surface area contributed by atoms with E-state index in [4.69, 9.17) is 9.47 Å². The van der Waals surface area contributed by atoms with Crippen LogP contribution in [0.15, 0.2) is 48.2 Å². The van der Waals surface area contributed by atoms with Crippen LogP contribution >= 0.6 is 0 Å². The summed E-state index contributed by atoms with van der Waals surface area (Å²) in [6, 6.07) is 9.87. The van der Waals surface area contributed by atoms with Gasteiger partial charge in [0.25, 0.3) is 11.8 Å². The van der Waals surface area contributed by atoms with Gasteiger partial charge in [-0.15, -0.1) is 0 Å². The van der Waals surface area contributed by atoms with Gasteiger partial charge in [0, 0.05) is 24.9 Å². The maximum Gasteiger partial charge on any atom is 0.278 e. The van der Waals surface area contributed by atoms with Crippen molar-refractivity contribution in [2.45, 2.75) is 26.4 Å². The van der Waals surface area contributed by atoms with E-state index in [2.05, 4.69) is 5.32 Å². The highest BCUT2D eigenvalue weighted by Crippen LogP contribution is 2.31. The summed E-state index contributed by atoms with van der Waals surface area (Å²) in [5.41, 5.74) is 0.823. The third-order valence-corrected chi connectivity index (χ3v) is 4.71. The first-order chi connectivity index (χ1) is 14.8. The molecule has 0 saturated carbocycles. The quantitative estimate of drug-likeness (QED) is 0.482. The Bertz CT molecular complexity index is 1000. The fourth-order valence-electron chi connectivity index (χ4n) is 3.18. The van der Waals surface area contributed by atoms with Crippen LogP contribution in [0.4, 0.5) is 14.5 Å². The summed E-state index contributed by atoms with van der Waals surface area (Å²) >= 11 is 0. The van der Waals surface area contributed by atoms with Crippen LogP contribution in [-0.2, 0) is 14.3 Å². The van der Waals surface area contributed by atoms with Crippen LogP contribution in [0.25, 0.3) is 5.57 Å². The average molecular weight is 430 g/mol. The zero-order valence-corrected chi connectivity index (χ0v) is 17.6. The van der Waals surface area contributed by atoms with Crippen LogP contribution in [-0.4, -0.2) is 43.1 Å². The van der Waals surface area contributed by atoms with E-state index >= 15 is 0 Å². The first kappa shape index (κ1) is 22.4. The van der Waals surface area contributed by atoms with E-state index in [-0.39, 0.29) is 29.6 Å². The van der Waals surface area contributed by atoms with Crippen molar-refractivity contribution < 1.29 is 27.8 Å². The van der Waals surface area contributed by atoms with Gasteiger partial charge in [-0.2, -0.15) is 0 Å². The molecule has 0 unspecified atom stereocenters. The van der Waals surface area contributed by atoms with Crippen molar-refractivity contribution in [2.75, 3.05) is 25.6 Å². The molecule has 0 fully saturated rings. The minimum absolute atomic E-state index is 0.00551. The lowest BCUT2D eigenvalue weighted by Crippen LogP contribution is -2.34. The fraction of sp³-hybridized carbons (Fsp3) is 0.304. The topological polar surface area (TPSA) is 67.9 Å². The Morgan fingerprint density at radius 2 is 1.71 bits per heavy atom. The van der Waals surface area contributed by atoms with Crippen molar-refractivity contribution in [1.29, 1.82) is 0 Å². The zero-order valence-electron chi connectivity index (χ0n) is 17.6. The van der Waals surface area contributed by atoms with Gasteiger partial charge in [0.2, 0.25) is 0 Å². The number of hydrogen-bond acceptors (Lipinski definition) is 5. The third-order valence-electron chi connectivity index (χ3n) is 4.71. The largest absolute Gasteiger partial charge is 0.497 e. The molecule has 1 aliphatic heterocycles. The van der Waals surface area contributed by atoms with E-state index in [0.29, 0.717) is 24.3 Å². The predicted molar refractivity (Wildman–Crippen MR) is 112 cm³/mol. The molecular weight excluding hydrogens is 406 g/mol. The summed E-state index contributed by atoms with van der Waals surface area (Å²) in [5.74, 6) is -2.47. The van der Waals surface area contributed by atoms with Gasteiger partial charge >= 0.3 is 0 Å². The summed E-state index contributed by atoms with van der Waals surface area (Å²) < 4.78 is 37.6. The molecular formula is C23H24F2N2O4. The molecule has 164 valence electrons. The van der Waals surface area contributed by atoms with Crippen molar-refractivity contribution >= 4 is 23.1 Å². The van der Waals surface area contributed by atoms with Crippen molar-refractivity contribution in [1.82, 2.24) is 4.90 Å². The van der Waals surface area contributed by atoms with Gasteiger partial charge in [0.1, 0.15) is 11.4 Å². The first-order valence-electron chi connectivity index (χ1n) is 9.90. The minimum Gasteiger partial charge on any atom is -0.497 e. The van der Waals surface area contributed by atoms with E-state index in [9.17, 15) is 18.4 Å². The second kappa shape index (κ2) is 9.70. The Balaban J connectivity index is 1.92. The minimum atomic E-state index is -1.06. The van der Waals surface area contributed by atoms with E-state index in [0.717, 1.165) is 17.0 Å². The number of carbonyl (C=O) groups is 2. The summed E-state index contributed by atoms with van der Waals surface area (Å²) in [5, 5.41) is 2.80. The standard InChI is InChI=1S/C23H24F2N2O4/c1-14(2)31-12-4-11-27-22(28)20(15-5-8-17(30-3)9-6-15)21(23(27)29)26-16-7-10-18(24)19(25)13-16/h5-10,13-14,26H,4,11-12H2,1-3H3. The Morgan fingerprint density at radius 3 is 2.32 bits per heavy atom. The van der Waals surface area contributed by atoms with Gasteiger partial charge in [-0.1, -0.05) is 12.1 Å². The molecule has 1 aliphatic rings. The van der Waals surface area contributed by atoms with Gasteiger partial charge < -0.3 is 14.8 Å². The van der Waals surface area contributed by atoms with Gasteiger partial charge in [-0.05, 0) is 50.1 Å². The van der Waals surface area contributed by atoms with Crippen molar-refractivity contribution in [3.05, 3.63) is 65.4 Å². The molecule has 2 aromatic rings. The molecule has 3 rings (SSSR count). The van der Waals surface area contributed by atoms with Gasteiger partial charge in [0.05, 0.1) is 18.8 Å². The van der Waals surface area contributed by atoms with Crippen LogP contribution in [0, 0.1) is 11.6 Å². The molecule has 1 N–H and O–H groups in total. The molecule has 1 heterocycles. The molecule has 2 aromatic carbocycles. The number of nitrogens with zero attached hydrogens (tertiary/aromatic N) is 1. The van der Waals surface area contributed by atoms with Crippen molar-refractivity contribution in [2.24, 2.45) is 0 Å². The van der Waals surface area contributed by atoms with Crippen LogP contribution in [0.2, 0.25) is 0 Å². The molecule has 0 atom stereocenters. The molecule has 0 saturated heterocycles. The number of halogens is 2. The number of anilines is 1. The number of amides is 2. The van der Waals surface area contributed by atoms with Gasteiger partial charge in [-0.3, -0.25) is 14.5 Å². The highest BCUT2D eigenvalue weighted by molar-refractivity contribution is 6.36. The summed E-state index contributed by atoms with van der Waals surface area (Å²) in [7, 11) is 1.52. The normalized spacial score (nSPS) is 14.1. The van der Waals surface area contributed by atoms with Crippen LogP contribution in [0.5, 0.6) is 5.75 Å². The smallest absolute Gasteiger partial charge is 0.278 e. The summed E-state index contributed by atoms with van der Waals surface area (Å²) in [4.78, 5) is 27.3. The van der Waals surface area contributed by atoms with Crippen LogP contribution in [0.1, 0.15) is 25.8 Å². The Hall–Kier alpha value is -3.26. The second-order valence-electron chi connectivity index (χ2n) is 7.27. The predicted octanol–water partition coefficient (Wildman–Crippen LogP) is 3.98. The lowest BCUT2D eigenvalue weighted by Gasteiger charge is -2.16. The maximum absolute atomic E-state index is 13.7. The first-order valence-corrected chi connectivity index (χ1v) is 9.90. The number of benzene rings is 2. The average Bonchev–Trinajstić information content (AvgIpc) is 2.97. The van der Waals surface area contributed by atoms with Gasteiger partial charge in [0.15, 0.2) is 11.6 Å². The molecule has 8 heteroatoms. The van der Waals surface area contributed by atoms with Gasteiger partial charge in [-0.25, -0.2) is 8.78 Å². The second-order valence-corrected chi connectivity index (χ2v) is 7.27. The van der Waals surface area contributed by atoms with E-state index in [1.165, 1.54) is 13.2 Å². The fourth-order valence-corrected chi connectivity index (χ4v) is 3.18. The number of methoxy groups -OCH3 is 1. The number of nitrogens with one attached hydrogen (secondary N) is 1. The van der Waals surface area contributed by atoms with E-state index < -0.39 is 23.4 Å². The zero-order chi connectivity index (χ0) is 22.5. The Morgan fingerprint density at radius 1 is 1.00 bits per heavy atom. The highest BCUT2D eigenvalue weighted by atomic mass is 19.2. The molecule has 0 spiro atoms. The number of imide groups is 1. The molecule has 0 radical (unpaired) electrons. The Labute approximate surface area is 179 Å². The summed E-state index contributed by atoms with van der Waals surface area (Å²) in [6.07, 6.45) is 0.521. The molecule has 0 bridgehead atoms. The Kier molecular flexibility index (Phi) is 7.02. The number of hydrogen-bond donors (Lipinski definition) is 1. The lowest BCUT2D eigenvalue weighted by atomic mass is 10.0. The van der Waals surface area contributed by atoms with Crippen molar-refractivity contribution in [3.63, 3.8) is 0 Å². The molecule has 0 aromatic heterocycles. The van der Waals surface area contributed by atoms with Crippen LogP contribution < -0.4 is 10.1 Å². The lowest BCUT2D eigenvalue weighted by molar-refractivity contribution is -0.137. The molecule has 31 heavy (non-hydrogen) atoms. The monoisotopic (exact) mass is 430 g/mol. The highest BCUT2D eigenvalue weighted by Gasteiger charge is 2.39. The molecule has 2 amide bonds. The number of rotatable bonds is 9. The summed E-state index contributed by atoms with van der Waals surface area (Å²) in [6.45, 7) is 4.38. The number of carbonyl (C=O) groups excluding carboxylic acids is 2. The van der Waals surface area contributed by atoms with Crippen molar-refractivity contribution in [3.8, 4) is 5.75 Å². The molecule has 6 nitrogen and oxygen atoms in total. The molecule has 0 aliphatic carbocycles. The van der Waals surface area contributed by atoms with E-state index in [1.807, 2.05) is 13.8 Å². The van der Waals surface area contributed by atoms with E-state index in [1.54, 1.807) is 24.3 Å². The SMILES string of the molecule is COc1ccc(C2=C(Nc3ccc(F)c(F)c3)C(=O)N(CCCOC(C)C)C2=O)cc1. The number of ether oxygens (including phenoxy) is 2.